The Hall–Kier alpha value is -0.910. The Morgan fingerprint density at radius 3 is 2.89 bits per heavy atom. The van der Waals surface area contributed by atoms with Gasteiger partial charge in [0.2, 0.25) is 0 Å². The minimum atomic E-state index is 0.0693. The fourth-order valence-electron chi connectivity index (χ4n) is 2.78. The van der Waals surface area contributed by atoms with Gasteiger partial charge in [0.15, 0.2) is 0 Å². The minimum absolute atomic E-state index is 0.0693. The minimum Gasteiger partial charge on any atom is -0.376 e. The maximum atomic E-state index is 12.2. The Kier molecular flexibility index (Phi) is 3.86. The zero-order valence-corrected chi connectivity index (χ0v) is 11.8. The molecular formula is C14H20N2O2S. The quantitative estimate of drug-likeness (QED) is 0.868. The average molecular weight is 280 g/mol. The summed E-state index contributed by atoms with van der Waals surface area (Å²) in [4.78, 5) is 14.4. The lowest BCUT2D eigenvalue weighted by Crippen LogP contribution is -2.40. The third-order valence-corrected chi connectivity index (χ3v) is 5.19. The second-order valence-electron chi connectivity index (χ2n) is 5.45. The third-order valence-electron chi connectivity index (χ3n) is 3.96. The molecule has 1 aromatic heterocycles. The predicted molar refractivity (Wildman–Crippen MR) is 75.4 cm³/mol. The number of hydrogen-bond acceptors (Lipinski definition) is 4. The maximum absolute atomic E-state index is 12.2. The Morgan fingerprint density at radius 2 is 2.16 bits per heavy atom. The van der Waals surface area contributed by atoms with E-state index in [1.807, 2.05) is 6.07 Å². The highest BCUT2D eigenvalue weighted by molar-refractivity contribution is 7.14. The molecule has 1 amide bonds. The zero-order chi connectivity index (χ0) is 13.2. The summed E-state index contributed by atoms with van der Waals surface area (Å²) in [5.74, 6) is 0.0693. The Morgan fingerprint density at radius 1 is 1.37 bits per heavy atom. The van der Waals surface area contributed by atoms with E-state index in [0.29, 0.717) is 18.7 Å². The van der Waals surface area contributed by atoms with Crippen LogP contribution in [0.15, 0.2) is 6.07 Å². The molecule has 19 heavy (non-hydrogen) atoms. The number of carbonyl (C=O) groups is 1. The predicted octanol–water partition coefficient (Wildman–Crippen LogP) is 1.82. The molecule has 1 saturated carbocycles. The van der Waals surface area contributed by atoms with Crippen molar-refractivity contribution in [3.63, 3.8) is 0 Å². The van der Waals surface area contributed by atoms with Crippen LogP contribution in [-0.4, -0.2) is 24.6 Å². The molecule has 1 aliphatic carbocycles. The van der Waals surface area contributed by atoms with Crippen LogP contribution < -0.4 is 11.1 Å². The monoisotopic (exact) mass is 280 g/mol. The molecule has 3 N–H and O–H groups in total. The van der Waals surface area contributed by atoms with E-state index in [2.05, 4.69) is 5.32 Å². The van der Waals surface area contributed by atoms with Crippen LogP contribution in [0.1, 0.15) is 45.8 Å². The van der Waals surface area contributed by atoms with E-state index in [0.717, 1.165) is 43.6 Å². The summed E-state index contributed by atoms with van der Waals surface area (Å²) in [6.07, 6.45) is 4.97. The van der Waals surface area contributed by atoms with E-state index < -0.39 is 0 Å². The van der Waals surface area contributed by atoms with Crippen LogP contribution in [0.2, 0.25) is 0 Å². The molecule has 0 aromatic carbocycles. The molecule has 0 unspecified atom stereocenters. The zero-order valence-electron chi connectivity index (χ0n) is 11.0. The molecule has 4 nitrogen and oxygen atoms in total. The van der Waals surface area contributed by atoms with Crippen molar-refractivity contribution in [2.24, 2.45) is 5.73 Å². The van der Waals surface area contributed by atoms with Crippen LogP contribution in [-0.2, 0) is 17.8 Å². The highest BCUT2D eigenvalue weighted by Crippen LogP contribution is 2.27. The number of carbonyl (C=O) groups excluding carboxylic acids is 1. The van der Waals surface area contributed by atoms with E-state index in [1.54, 1.807) is 11.3 Å². The van der Waals surface area contributed by atoms with Crippen molar-refractivity contribution in [2.45, 2.75) is 50.8 Å². The number of nitrogens with one attached hydrogen (secondary N) is 1. The van der Waals surface area contributed by atoms with E-state index in [-0.39, 0.29) is 5.91 Å². The van der Waals surface area contributed by atoms with Crippen LogP contribution in [0.25, 0.3) is 0 Å². The highest BCUT2D eigenvalue weighted by atomic mass is 32.1. The van der Waals surface area contributed by atoms with Gasteiger partial charge in [0.05, 0.1) is 18.1 Å². The number of hydrogen-bond donors (Lipinski definition) is 2. The van der Waals surface area contributed by atoms with Gasteiger partial charge in [0.25, 0.3) is 5.91 Å². The molecule has 1 fully saturated rings. The van der Waals surface area contributed by atoms with Gasteiger partial charge in [0, 0.05) is 23.4 Å². The number of amides is 1. The van der Waals surface area contributed by atoms with Gasteiger partial charge < -0.3 is 15.8 Å². The van der Waals surface area contributed by atoms with Gasteiger partial charge in [-0.1, -0.05) is 0 Å². The Bertz CT molecular complexity index is 441. The number of fused-ring (bicyclic) bond motifs is 1. The van der Waals surface area contributed by atoms with E-state index >= 15 is 0 Å². The SMILES string of the molecule is NC1CCC(NC(=O)c2cc3c(s2)CCOC3)CC1. The van der Waals surface area contributed by atoms with Crippen molar-refractivity contribution < 1.29 is 9.53 Å². The lowest BCUT2D eigenvalue weighted by Gasteiger charge is -2.26. The van der Waals surface area contributed by atoms with E-state index in [9.17, 15) is 4.79 Å². The highest BCUT2D eigenvalue weighted by Gasteiger charge is 2.22. The Balaban J connectivity index is 1.62. The smallest absolute Gasteiger partial charge is 0.261 e. The molecule has 2 aliphatic rings. The number of rotatable bonds is 2. The number of thiophene rings is 1. The second-order valence-corrected chi connectivity index (χ2v) is 6.58. The van der Waals surface area contributed by atoms with Gasteiger partial charge >= 0.3 is 0 Å². The van der Waals surface area contributed by atoms with E-state index in [1.165, 1.54) is 10.4 Å². The molecule has 0 atom stereocenters. The van der Waals surface area contributed by atoms with Crippen molar-refractivity contribution in [1.82, 2.24) is 5.32 Å². The first kappa shape index (κ1) is 13.1. The standard InChI is InChI=1S/C14H20N2O2S/c15-10-1-3-11(4-2-10)16-14(17)13-7-9-8-18-6-5-12(9)19-13/h7,10-11H,1-6,8,15H2,(H,16,17). The molecule has 0 bridgehead atoms. The van der Waals surface area contributed by atoms with Crippen LogP contribution in [0, 0.1) is 0 Å². The summed E-state index contributed by atoms with van der Waals surface area (Å²) < 4.78 is 5.41. The van der Waals surface area contributed by atoms with Crippen LogP contribution in [0.4, 0.5) is 0 Å². The second kappa shape index (κ2) is 5.61. The van der Waals surface area contributed by atoms with Crippen molar-refractivity contribution in [2.75, 3.05) is 6.61 Å². The summed E-state index contributed by atoms with van der Waals surface area (Å²) in [6.45, 7) is 1.42. The lowest BCUT2D eigenvalue weighted by atomic mass is 9.92. The summed E-state index contributed by atoms with van der Waals surface area (Å²) in [5.41, 5.74) is 7.07. The molecule has 0 radical (unpaired) electrons. The fourth-order valence-corrected chi connectivity index (χ4v) is 3.83. The fraction of sp³-hybridized carbons (Fsp3) is 0.643. The first-order valence-corrected chi connectivity index (χ1v) is 7.80. The molecule has 1 aliphatic heterocycles. The molecule has 104 valence electrons. The number of ether oxygens (including phenoxy) is 1. The average Bonchev–Trinajstić information content (AvgIpc) is 2.85. The molecule has 1 aromatic rings. The van der Waals surface area contributed by atoms with Gasteiger partial charge in [-0.15, -0.1) is 11.3 Å². The van der Waals surface area contributed by atoms with Crippen LogP contribution >= 0.6 is 11.3 Å². The number of nitrogens with two attached hydrogens (primary N) is 1. The lowest BCUT2D eigenvalue weighted by molar-refractivity contribution is 0.0929. The molecule has 3 rings (SSSR count). The topological polar surface area (TPSA) is 64.3 Å². The van der Waals surface area contributed by atoms with Gasteiger partial charge in [0.1, 0.15) is 0 Å². The van der Waals surface area contributed by atoms with Crippen molar-refractivity contribution in [1.29, 1.82) is 0 Å². The molecule has 2 heterocycles. The summed E-state index contributed by atoms with van der Waals surface area (Å²) in [5, 5.41) is 3.14. The van der Waals surface area contributed by atoms with Gasteiger partial charge in [-0.3, -0.25) is 4.79 Å². The van der Waals surface area contributed by atoms with Crippen molar-refractivity contribution in [3.05, 3.63) is 21.4 Å². The maximum Gasteiger partial charge on any atom is 0.261 e. The molecule has 0 saturated heterocycles. The normalized spacial score (nSPS) is 26.8. The summed E-state index contributed by atoms with van der Waals surface area (Å²) in [7, 11) is 0. The van der Waals surface area contributed by atoms with Crippen LogP contribution in [0.3, 0.4) is 0 Å². The van der Waals surface area contributed by atoms with Gasteiger partial charge in [-0.05, 0) is 37.3 Å². The summed E-state index contributed by atoms with van der Waals surface area (Å²) >= 11 is 1.62. The first-order valence-electron chi connectivity index (χ1n) is 6.98. The van der Waals surface area contributed by atoms with Gasteiger partial charge in [-0.2, -0.15) is 0 Å². The van der Waals surface area contributed by atoms with Crippen LogP contribution in [0.5, 0.6) is 0 Å². The van der Waals surface area contributed by atoms with Gasteiger partial charge in [-0.25, -0.2) is 0 Å². The largest absolute Gasteiger partial charge is 0.376 e. The molecular weight excluding hydrogens is 260 g/mol. The summed E-state index contributed by atoms with van der Waals surface area (Å²) in [6, 6.07) is 2.60. The van der Waals surface area contributed by atoms with E-state index in [4.69, 9.17) is 10.5 Å². The first-order chi connectivity index (χ1) is 9.22. The Labute approximate surface area is 117 Å². The van der Waals surface area contributed by atoms with Crippen molar-refractivity contribution in [3.8, 4) is 0 Å². The molecule has 0 spiro atoms. The third kappa shape index (κ3) is 2.99. The molecule has 5 heteroatoms. The van der Waals surface area contributed by atoms with Crippen molar-refractivity contribution >= 4 is 17.2 Å².